The average molecular weight is 318 g/mol. The molecule has 0 radical (unpaired) electrons. The molecular formula is C11H9Cl2N3O2S. The van der Waals surface area contributed by atoms with Gasteiger partial charge in [0, 0.05) is 21.5 Å². The summed E-state index contributed by atoms with van der Waals surface area (Å²) < 4.78 is 0. The van der Waals surface area contributed by atoms with Crippen LogP contribution in [-0.2, 0) is 9.59 Å². The van der Waals surface area contributed by atoms with E-state index in [1.165, 1.54) is 30.0 Å². The molecule has 2 rings (SSSR count). The molecule has 1 aliphatic rings. The number of amides is 2. The molecule has 1 aliphatic heterocycles. The van der Waals surface area contributed by atoms with Crippen LogP contribution in [0.4, 0.5) is 5.69 Å². The maximum Gasteiger partial charge on any atom is 0.315 e. The normalized spacial score (nSPS) is 13.9. The molecule has 0 spiro atoms. The summed E-state index contributed by atoms with van der Waals surface area (Å²) in [4.78, 5) is 27.3. The SMILES string of the molecule is O=C(NC1=NCCS1)C(=O)Nc1cc(Cl)cc(Cl)c1. The fourth-order valence-corrected chi connectivity index (χ4v) is 2.63. The zero-order valence-electron chi connectivity index (χ0n) is 9.57. The van der Waals surface area contributed by atoms with Crippen molar-refractivity contribution in [3.8, 4) is 0 Å². The van der Waals surface area contributed by atoms with Crippen molar-refractivity contribution in [1.29, 1.82) is 0 Å². The van der Waals surface area contributed by atoms with E-state index in [4.69, 9.17) is 23.2 Å². The maximum atomic E-state index is 11.6. The third-order valence-electron chi connectivity index (χ3n) is 2.13. The van der Waals surface area contributed by atoms with Crippen LogP contribution in [0.2, 0.25) is 10.0 Å². The number of nitrogens with one attached hydrogen (secondary N) is 2. The van der Waals surface area contributed by atoms with Gasteiger partial charge in [-0.25, -0.2) is 0 Å². The Morgan fingerprint density at radius 3 is 2.32 bits per heavy atom. The second kappa shape index (κ2) is 6.27. The lowest BCUT2D eigenvalue weighted by molar-refractivity contribution is -0.135. The van der Waals surface area contributed by atoms with E-state index >= 15 is 0 Å². The van der Waals surface area contributed by atoms with Crippen molar-refractivity contribution < 1.29 is 9.59 Å². The number of hydrogen-bond donors (Lipinski definition) is 2. The molecule has 0 aliphatic carbocycles. The summed E-state index contributed by atoms with van der Waals surface area (Å²) in [6.07, 6.45) is 0. The maximum absolute atomic E-state index is 11.6. The lowest BCUT2D eigenvalue weighted by atomic mass is 10.3. The first kappa shape index (κ1) is 14.2. The number of rotatable bonds is 1. The van der Waals surface area contributed by atoms with Crippen LogP contribution >= 0.6 is 35.0 Å². The van der Waals surface area contributed by atoms with E-state index in [-0.39, 0.29) is 0 Å². The second-order valence-corrected chi connectivity index (χ2v) is 5.56. The number of thioether (sulfide) groups is 1. The molecule has 100 valence electrons. The number of carbonyl (C=O) groups excluding carboxylic acids is 2. The lowest BCUT2D eigenvalue weighted by Gasteiger charge is -2.06. The molecule has 1 aromatic rings. The van der Waals surface area contributed by atoms with Gasteiger partial charge < -0.3 is 5.32 Å². The van der Waals surface area contributed by atoms with Gasteiger partial charge in [0.25, 0.3) is 0 Å². The van der Waals surface area contributed by atoms with E-state index in [0.29, 0.717) is 27.4 Å². The molecule has 0 fully saturated rings. The van der Waals surface area contributed by atoms with Crippen LogP contribution in [0.25, 0.3) is 0 Å². The number of anilines is 1. The molecule has 2 N–H and O–H groups in total. The molecule has 0 bridgehead atoms. The summed E-state index contributed by atoms with van der Waals surface area (Å²) in [7, 11) is 0. The Balaban J connectivity index is 1.98. The first-order chi connectivity index (χ1) is 9.04. The fraction of sp³-hybridized carbons (Fsp3) is 0.182. The van der Waals surface area contributed by atoms with Gasteiger partial charge in [0.15, 0.2) is 5.17 Å². The predicted molar refractivity (Wildman–Crippen MR) is 78.0 cm³/mol. The van der Waals surface area contributed by atoms with E-state index in [0.717, 1.165) is 5.75 Å². The molecule has 1 aromatic carbocycles. The standard InChI is InChI=1S/C11H9Cl2N3O2S/c12-6-3-7(13)5-8(4-6)15-9(17)10(18)16-11-14-1-2-19-11/h3-5H,1-2H2,(H,15,17)(H,14,16,18). The molecular weight excluding hydrogens is 309 g/mol. The number of hydrogen-bond acceptors (Lipinski definition) is 4. The molecule has 1 heterocycles. The number of nitrogens with zero attached hydrogens (tertiary/aromatic N) is 1. The number of aliphatic imine (C=N–C) groups is 1. The van der Waals surface area contributed by atoms with Crippen molar-refractivity contribution in [3.05, 3.63) is 28.2 Å². The molecule has 8 heteroatoms. The number of benzene rings is 1. The average Bonchev–Trinajstić information content (AvgIpc) is 2.80. The molecule has 5 nitrogen and oxygen atoms in total. The van der Waals surface area contributed by atoms with E-state index < -0.39 is 11.8 Å². The summed E-state index contributed by atoms with van der Waals surface area (Å²) in [6, 6.07) is 4.53. The molecule has 0 unspecified atom stereocenters. The van der Waals surface area contributed by atoms with Gasteiger partial charge in [0.2, 0.25) is 0 Å². The Kier molecular flexibility index (Phi) is 4.68. The van der Waals surface area contributed by atoms with Crippen LogP contribution in [0.3, 0.4) is 0 Å². The monoisotopic (exact) mass is 317 g/mol. The van der Waals surface area contributed by atoms with Crippen LogP contribution in [0.5, 0.6) is 0 Å². The van der Waals surface area contributed by atoms with Crippen molar-refractivity contribution in [2.45, 2.75) is 0 Å². The zero-order valence-corrected chi connectivity index (χ0v) is 11.9. The first-order valence-corrected chi connectivity index (χ1v) is 7.04. The van der Waals surface area contributed by atoms with Gasteiger partial charge in [0.1, 0.15) is 0 Å². The highest BCUT2D eigenvalue weighted by molar-refractivity contribution is 8.14. The molecule has 0 saturated carbocycles. The minimum Gasteiger partial charge on any atom is -0.318 e. The van der Waals surface area contributed by atoms with Crippen LogP contribution in [0.1, 0.15) is 0 Å². The topological polar surface area (TPSA) is 70.6 Å². The third kappa shape index (κ3) is 4.12. The van der Waals surface area contributed by atoms with E-state index in [1.54, 1.807) is 0 Å². The Hall–Kier alpha value is -1.24. The Morgan fingerprint density at radius 1 is 1.11 bits per heavy atom. The van der Waals surface area contributed by atoms with Crippen molar-refractivity contribution in [3.63, 3.8) is 0 Å². The summed E-state index contributed by atoms with van der Waals surface area (Å²) in [5.74, 6) is -0.765. The highest BCUT2D eigenvalue weighted by Crippen LogP contribution is 2.22. The van der Waals surface area contributed by atoms with Gasteiger partial charge in [-0.05, 0) is 18.2 Å². The largest absolute Gasteiger partial charge is 0.318 e. The third-order valence-corrected chi connectivity index (χ3v) is 3.46. The Bertz CT molecular complexity index is 543. The van der Waals surface area contributed by atoms with Gasteiger partial charge in [-0.2, -0.15) is 0 Å². The highest BCUT2D eigenvalue weighted by Gasteiger charge is 2.18. The Morgan fingerprint density at radius 2 is 1.74 bits per heavy atom. The molecule has 2 amide bonds. The Labute approximate surface area is 123 Å². The summed E-state index contributed by atoms with van der Waals surface area (Å²) in [5.41, 5.74) is 0.360. The summed E-state index contributed by atoms with van der Waals surface area (Å²) >= 11 is 13.0. The van der Waals surface area contributed by atoms with Crippen LogP contribution < -0.4 is 10.6 Å². The van der Waals surface area contributed by atoms with Gasteiger partial charge in [-0.1, -0.05) is 35.0 Å². The second-order valence-electron chi connectivity index (χ2n) is 3.60. The van der Waals surface area contributed by atoms with Gasteiger partial charge in [-0.15, -0.1) is 0 Å². The number of halogens is 2. The van der Waals surface area contributed by atoms with Gasteiger partial charge >= 0.3 is 11.8 Å². The number of carbonyl (C=O) groups is 2. The van der Waals surface area contributed by atoms with Gasteiger partial charge in [0.05, 0.1) is 6.54 Å². The van der Waals surface area contributed by atoms with Crippen LogP contribution in [-0.4, -0.2) is 29.3 Å². The van der Waals surface area contributed by atoms with Crippen molar-refractivity contribution in [1.82, 2.24) is 5.32 Å². The van der Waals surface area contributed by atoms with E-state index in [9.17, 15) is 9.59 Å². The zero-order chi connectivity index (χ0) is 13.8. The number of amidine groups is 1. The van der Waals surface area contributed by atoms with E-state index in [2.05, 4.69) is 15.6 Å². The van der Waals surface area contributed by atoms with Crippen molar-refractivity contribution >= 4 is 57.6 Å². The van der Waals surface area contributed by atoms with Crippen molar-refractivity contribution in [2.24, 2.45) is 4.99 Å². The van der Waals surface area contributed by atoms with Crippen molar-refractivity contribution in [2.75, 3.05) is 17.6 Å². The minimum absolute atomic E-state index is 0.360. The van der Waals surface area contributed by atoms with Crippen LogP contribution in [0, 0.1) is 0 Å². The predicted octanol–water partition coefficient (Wildman–Crippen LogP) is 2.15. The summed E-state index contributed by atoms with van der Waals surface area (Å²) in [6.45, 7) is 0.645. The molecule has 0 saturated heterocycles. The highest BCUT2D eigenvalue weighted by atomic mass is 35.5. The molecule has 0 atom stereocenters. The fourth-order valence-electron chi connectivity index (χ4n) is 1.38. The first-order valence-electron chi connectivity index (χ1n) is 5.30. The van der Waals surface area contributed by atoms with Crippen LogP contribution in [0.15, 0.2) is 23.2 Å². The molecule has 0 aromatic heterocycles. The lowest BCUT2D eigenvalue weighted by Crippen LogP contribution is -2.37. The smallest absolute Gasteiger partial charge is 0.315 e. The summed E-state index contributed by atoms with van der Waals surface area (Å²) in [5, 5.41) is 6.05. The van der Waals surface area contributed by atoms with Gasteiger partial charge in [-0.3, -0.25) is 19.9 Å². The molecule has 19 heavy (non-hydrogen) atoms. The minimum atomic E-state index is -0.798. The quantitative estimate of drug-likeness (QED) is 0.780. The van der Waals surface area contributed by atoms with E-state index in [1.807, 2.05) is 0 Å².